The molecule has 5 nitrogen and oxygen atoms in total. The van der Waals surface area contributed by atoms with Gasteiger partial charge in [-0.15, -0.1) is 0 Å². The average Bonchev–Trinajstić information content (AvgIpc) is 3.57. The number of piperidine rings is 1. The van der Waals surface area contributed by atoms with Gasteiger partial charge >= 0.3 is 0 Å². The van der Waals surface area contributed by atoms with E-state index in [0.29, 0.717) is 42.4 Å². The Hall–Kier alpha value is -2.97. The molecule has 0 spiro atoms. The molecule has 1 aromatic carbocycles. The summed E-state index contributed by atoms with van der Waals surface area (Å²) in [5, 5.41) is 3.39. The molecule has 1 saturated heterocycles. The summed E-state index contributed by atoms with van der Waals surface area (Å²) in [5.41, 5.74) is 0.606. The quantitative estimate of drug-likeness (QED) is 0.584. The van der Waals surface area contributed by atoms with Crippen LogP contribution in [-0.4, -0.2) is 34.1 Å². The van der Waals surface area contributed by atoms with Crippen molar-refractivity contribution in [3.63, 3.8) is 0 Å². The van der Waals surface area contributed by atoms with Crippen molar-refractivity contribution in [2.45, 2.75) is 37.6 Å². The van der Waals surface area contributed by atoms with Crippen LogP contribution in [0.3, 0.4) is 0 Å². The fourth-order valence-corrected chi connectivity index (χ4v) is 4.07. The smallest absolute Gasteiger partial charge is 0.278 e. The Kier molecular flexibility index (Phi) is 4.91. The highest BCUT2D eigenvalue weighted by molar-refractivity contribution is 5.80. The first-order valence-corrected chi connectivity index (χ1v) is 10.4. The second-order valence-corrected chi connectivity index (χ2v) is 8.19. The Balaban J connectivity index is 1.38. The van der Waals surface area contributed by atoms with Gasteiger partial charge in [0.2, 0.25) is 0 Å². The standard InChI is InChI=1S/C22H21F4N5/c23-14-1-4-16(17(24)11-14)22(25,26)13-6-9-31(10-7-13)21-20(28-15-2-3-15)29-18-5-8-27-12-19(18)30-21/h1,4-5,8,11-13,15H,2-3,6-7,9-10H2,(H,28,29). The van der Waals surface area contributed by atoms with Crippen LogP contribution in [-0.2, 0) is 5.92 Å². The molecule has 2 fully saturated rings. The van der Waals surface area contributed by atoms with E-state index in [1.807, 2.05) is 4.90 Å². The van der Waals surface area contributed by atoms with Gasteiger partial charge in [0, 0.05) is 37.3 Å². The Bertz CT molecular complexity index is 1110. The maximum Gasteiger partial charge on any atom is 0.278 e. The van der Waals surface area contributed by atoms with Gasteiger partial charge in [-0.05, 0) is 43.9 Å². The third kappa shape index (κ3) is 3.88. The number of nitrogens with zero attached hydrogens (tertiary/aromatic N) is 4. The molecule has 31 heavy (non-hydrogen) atoms. The first-order valence-electron chi connectivity index (χ1n) is 10.4. The predicted octanol–water partition coefficient (Wildman–Crippen LogP) is 4.89. The Morgan fingerprint density at radius 1 is 0.968 bits per heavy atom. The van der Waals surface area contributed by atoms with Crippen LogP contribution in [0.15, 0.2) is 36.7 Å². The summed E-state index contributed by atoms with van der Waals surface area (Å²) in [6.45, 7) is 0.672. The minimum absolute atomic E-state index is 0.152. The van der Waals surface area contributed by atoms with Crippen molar-refractivity contribution in [2.24, 2.45) is 5.92 Å². The molecular formula is C22H21F4N5. The molecule has 5 rings (SSSR count). The van der Waals surface area contributed by atoms with Gasteiger partial charge in [0.15, 0.2) is 11.6 Å². The van der Waals surface area contributed by atoms with Crippen molar-refractivity contribution in [1.82, 2.24) is 15.0 Å². The summed E-state index contributed by atoms with van der Waals surface area (Å²) in [5.74, 6) is -5.22. The van der Waals surface area contributed by atoms with Gasteiger partial charge in [-0.1, -0.05) is 0 Å². The molecular weight excluding hydrogens is 410 g/mol. The van der Waals surface area contributed by atoms with Crippen molar-refractivity contribution in [2.75, 3.05) is 23.3 Å². The number of hydrogen-bond donors (Lipinski definition) is 1. The number of anilines is 2. The zero-order valence-corrected chi connectivity index (χ0v) is 16.7. The number of nitrogens with one attached hydrogen (secondary N) is 1. The van der Waals surface area contributed by atoms with Gasteiger partial charge in [-0.3, -0.25) is 4.98 Å². The number of hydrogen-bond acceptors (Lipinski definition) is 5. The summed E-state index contributed by atoms with van der Waals surface area (Å²) >= 11 is 0. The highest BCUT2D eigenvalue weighted by atomic mass is 19.3. The summed E-state index contributed by atoms with van der Waals surface area (Å²) in [6, 6.07) is 4.36. The van der Waals surface area contributed by atoms with Crippen LogP contribution in [0, 0.1) is 17.6 Å². The van der Waals surface area contributed by atoms with Crippen LogP contribution in [0.5, 0.6) is 0 Å². The topological polar surface area (TPSA) is 53.9 Å². The number of benzene rings is 1. The lowest BCUT2D eigenvalue weighted by molar-refractivity contribution is -0.0761. The summed E-state index contributed by atoms with van der Waals surface area (Å²) in [7, 11) is 0. The fraction of sp³-hybridized carbons (Fsp3) is 0.409. The molecule has 0 radical (unpaired) electrons. The van der Waals surface area contributed by atoms with Crippen molar-refractivity contribution in [3.05, 3.63) is 53.9 Å². The molecule has 0 amide bonds. The lowest BCUT2D eigenvalue weighted by atomic mass is 9.86. The number of aromatic nitrogens is 3. The van der Waals surface area contributed by atoms with Gasteiger partial charge in [0.25, 0.3) is 5.92 Å². The summed E-state index contributed by atoms with van der Waals surface area (Å²) in [4.78, 5) is 15.4. The van der Waals surface area contributed by atoms with Gasteiger partial charge in [0.05, 0.1) is 17.3 Å². The molecule has 1 aliphatic heterocycles. The van der Waals surface area contributed by atoms with Crippen LogP contribution in [0.2, 0.25) is 0 Å². The Morgan fingerprint density at radius 2 is 1.74 bits per heavy atom. The van der Waals surface area contributed by atoms with E-state index in [1.165, 1.54) is 0 Å². The normalized spacial score (nSPS) is 17.9. The number of pyridine rings is 1. The maximum absolute atomic E-state index is 15.0. The number of rotatable bonds is 5. The highest BCUT2D eigenvalue weighted by Crippen LogP contribution is 2.43. The van der Waals surface area contributed by atoms with Crippen molar-refractivity contribution in [3.8, 4) is 0 Å². The van der Waals surface area contributed by atoms with Crippen molar-refractivity contribution in [1.29, 1.82) is 0 Å². The van der Waals surface area contributed by atoms with E-state index < -0.39 is 29.0 Å². The second-order valence-electron chi connectivity index (χ2n) is 8.19. The van der Waals surface area contributed by atoms with Gasteiger partial charge in [0.1, 0.15) is 17.2 Å². The molecule has 0 unspecified atom stereocenters. The van der Waals surface area contributed by atoms with Gasteiger partial charge < -0.3 is 10.2 Å². The molecule has 9 heteroatoms. The number of halogens is 4. The van der Waals surface area contributed by atoms with E-state index >= 15 is 8.78 Å². The average molecular weight is 431 g/mol. The number of alkyl halides is 2. The van der Waals surface area contributed by atoms with E-state index in [1.54, 1.807) is 18.5 Å². The predicted molar refractivity (Wildman–Crippen MR) is 109 cm³/mol. The minimum atomic E-state index is -3.38. The van der Waals surface area contributed by atoms with E-state index in [9.17, 15) is 8.78 Å². The summed E-state index contributed by atoms with van der Waals surface area (Å²) < 4.78 is 57.2. The van der Waals surface area contributed by atoms with E-state index in [-0.39, 0.29) is 12.8 Å². The maximum atomic E-state index is 15.0. The third-order valence-electron chi connectivity index (χ3n) is 5.96. The van der Waals surface area contributed by atoms with Crippen LogP contribution < -0.4 is 10.2 Å². The first-order chi connectivity index (χ1) is 14.9. The second kappa shape index (κ2) is 7.62. The van der Waals surface area contributed by atoms with Crippen molar-refractivity contribution < 1.29 is 17.6 Å². The Morgan fingerprint density at radius 3 is 2.45 bits per heavy atom. The molecule has 1 N–H and O–H groups in total. The molecule has 2 aliphatic rings. The third-order valence-corrected chi connectivity index (χ3v) is 5.96. The first kappa shape index (κ1) is 20.0. The molecule has 1 saturated carbocycles. The molecule has 0 bridgehead atoms. The largest absolute Gasteiger partial charge is 0.364 e. The molecule has 2 aromatic heterocycles. The van der Waals surface area contributed by atoms with Gasteiger partial charge in [-0.25, -0.2) is 27.5 Å². The molecule has 3 heterocycles. The molecule has 0 atom stereocenters. The van der Waals surface area contributed by atoms with E-state index in [2.05, 4.69) is 15.3 Å². The van der Waals surface area contributed by atoms with E-state index in [4.69, 9.17) is 4.98 Å². The molecule has 162 valence electrons. The van der Waals surface area contributed by atoms with Crippen LogP contribution in [0.25, 0.3) is 11.0 Å². The van der Waals surface area contributed by atoms with E-state index in [0.717, 1.165) is 30.5 Å². The molecule has 3 aromatic rings. The lowest BCUT2D eigenvalue weighted by Crippen LogP contribution is -2.40. The Labute approximate surface area is 176 Å². The lowest BCUT2D eigenvalue weighted by Gasteiger charge is -2.37. The van der Waals surface area contributed by atoms with Crippen LogP contribution in [0.1, 0.15) is 31.2 Å². The van der Waals surface area contributed by atoms with Crippen LogP contribution in [0.4, 0.5) is 29.2 Å². The SMILES string of the molecule is Fc1ccc(C(F)(F)C2CCN(c3nc4cnccc4nc3NC3CC3)CC2)c(F)c1. The monoisotopic (exact) mass is 431 g/mol. The highest BCUT2D eigenvalue weighted by Gasteiger charge is 2.45. The summed E-state index contributed by atoms with van der Waals surface area (Å²) in [6.07, 6.45) is 5.71. The zero-order chi connectivity index (χ0) is 21.6. The van der Waals surface area contributed by atoms with Crippen molar-refractivity contribution >= 4 is 22.7 Å². The zero-order valence-electron chi connectivity index (χ0n) is 16.7. The number of fused-ring (bicyclic) bond motifs is 1. The molecule has 1 aliphatic carbocycles. The minimum Gasteiger partial charge on any atom is -0.364 e. The van der Waals surface area contributed by atoms with Crippen LogP contribution >= 0.6 is 0 Å². The fourth-order valence-electron chi connectivity index (χ4n) is 4.07. The van der Waals surface area contributed by atoms with Gasteiger partial charge in [-0.2, -0.15) is 0 Å².